The predicted octanol–water partition coefficient (Wildman–Crippen LogP) is 6.48. The molecule has 0 spiro atoms. The molecular formula is C21H22Cl2N2OS. The maximum Gasteiger partial charge on any atom is 0.258 e. The molecule has 0 radical (unpaired) electrons. The fraction of sp³-hybridized carbons (Fsp3) is 0.524. The highest BCUT2D eigenvalue weighted by Crippen LogP contribution is 2.61. The van der Waals surface area contributed by atoms with Crippen molar-refractivity contribution in [3.05, 3.63) is 44.4 Å². The van der Waals surface area contributed by atoms with Crippen LogP contribution in [0, 0.1) is 24.7 Å². The van der Waals surface area contributed by atoms with Gasteiger partial charge in [0.05, 0.1) is 16.3 Å². The second-order valence-electron chi connectivity index (χ2n) is 8.70. The molecule has 4 fully saturated rings. The van der Waals surface area contributed by atoms with Crippen LogP contribution in [-0.4, -0.2) is 10.9 Å². The van der Waals surface area contributed by atoms with Crippen LogP contribution >= 0.6 is 34.5 Å². The first-order valence-electron chi connectivity index (χ1n) is 9.66. The lowest BCUT2D eigenvalue weighted by Gasteiger charge is -2.56. The number of nitrogens with one attached hydrogen (secondary N) is 1. The molecule has 1 aromatic heterocycles. The molecule has 1 amide bonds. The summed E-state index contributed by atoms with van der Waals surface area (Å²) < 4.78 is 0. The first kappa shape index (κ1) is 18.0. The van der Waals surface area contributed by atoms with Gasteiger partial charge in [-0.05, 0) is 81.4 Å². The Bertz CT molecular complexity index is 888. The number of anilines is 1. The summed E-state index contributed by atoms with van der Waals surface area (Å²) in [5.74, 6) is 2.40. The molecule has 3 nitrogen and oxygen atoms in total. The summed E-state index contributed by atoms with van der Waals surface area (Å²) >= 11 is 13.7. The molecule has 6 rings (SSSR count). The molecule has 0 atom stereocenters. The highest BCUT2D eigenvalue weighted by molar-refractivity contribution is 7.15. The largest absolute Gasteiger partial charge is 0.298 e. The Morgan fingerprint density at radius 1 is 1.15 bits per heavy atom. The average Bonchev–Trinajstić information content (AvgIpc) is 2.94. The molecule has 1 N–H and O–H groups in total. The van der Waals surface area contributed by atoms with E-state index in [1.54, 1.807) is 29.5 Å². The van der Waals surface area contributed by atoms with Crippen molar-refractivity contribution in [3.63, 3.8) is 0 Å². The van der Waals surface area contributed by atoms with Gasteiger partial charge in [-0.3, -0.25) is 10.1 Å². The number of nitrogens with zero attached hydrogens (tertiary/aromatic N) is 1. The van der Waals surface area contributed by atoms with Crippen molar-refractivity contribution in [1.29, 1.82) is 0 Å². The Balaban J connectivity index is 1.41. The zero-order valence-corrected chi connectivity index (χ0v) is 17.6. The lowest BCUT2D eigenvalue weighted by molar-refractivity contribution is -0.00715. The molecule has 1 aromatic carbocycles. The lowest BCUT2D eigenvalue weighted by atomic mass is 9.48. The minimum absolute atomic E-state index is 0.234. The summed E-state index contributed by atoms with van der Waals surface area (Å²) in [6.07, 6.45) is 8.09. The molecule has 4 aliphatic rings. The zero-order chi connectivity index (χ0) is 18.8. The molecule has 6 heteroatoms. The van der Waals surface area contributed by atoms with Gasteiger partial charge < -0.3 is 0 Å². The third kappa shape index (κ3) is 3.10. The van der Waals surface area contributed by atoms with E-state index < -0.39 is 0 Å². The Hall–Kier alpha value is -1.10. The van der Waals surface area contributed by atoms with Gasteiger partial charge in [-0.25, -0.2) is 4.98 Å². The van der Waals surface area contributed by atoms with Gasteiger partial charge in [-0.15, -0.1) is 11.3 Å². The standard InChI is InChI=1S/C21H22Cl2N2OS/c1-11-18(21-8-12-4-13(9-21)6-14(5-12)10-21)24-20(27-11)25-19(26)16-3-2-15(22)7-17(16)23/h2-3,7,12-14H,4-6,8-10H2,1H3,(H,24,25,26). The quantitative estimate of drug-likeness (QED) is 0.617. The van der Waals surface area contributed by atoms with E-state index in [0.717, 1.165) is 17.8 Å². The van der Waals surface area contributed by atoms with E-state index in [1.807, 2.05) is 0 Å². The second-order valence-corrected chi connectivity index (χ2v) is 10.7. The molecule has 4 aliphatic carbocycles. The summed E-state index contributed by atoms with van der Waals surface area (Å²) in [4.78, 5) is 18.8. The molecule has 4 saturated carbocycles. The first-order valence-corrected chi connectivity index (χ1v) is 11.2. The third-order valence-electron chi connectivity index (χ3n) is 6.73. The van der Waals surface area contributed by atoms with E-state index in [2.05, 4.69) is 12.2 Å². The zero-order valence-electron chi connectivity index (χ0n) is 15.2. The van der Waals surface area contributed by atoms with Crippen LogP contribution in [0.4, 0.5) is 5.13 Å². The minimum Gasteiger partial charge on any atom is -0.298 e. The molecular weight excluding hydrogens is 399 g/mol. The predicted molar refractivity (Wildman–Crippen MR) is 111 cm³/mol. The summed E-state index contributed by atoms with van der Waals surface area (Å²) in [5, 5.41) is 4.50. The number of hydrogen-bond acceptors (Lipinski definition) is 3. The number of aromatic nitrogens is 1. The smallest absolute Gasteiger partial charge is 0.258 e. The number of aryl methyl sites for hydroxylation is 1. The van der Waals surface area contributed by atoms with Crippen molar-refractivity contribution in [2.24, 2.45) is 17.8 Å². The van der Waals surface area contributed by atoms with Crippen LogP contribution in [0.2, 0.25) is 10.0 Å². The van der Waals surface area contributed by atoms with Crippen LogP contribution in [0.3, 0.4) is 0 Å². The number of carbonyl (C=O) groups excluding carboxylic acids is 1. The normalized spacial score (nSPS) is 31.3. The van der Waals surface area contributed by atoms with Crippen molar-refractivity contribution in [3.8, 4) is 0 Å². The van der Waals surface area contributed by atoms with Gasteiger partial charge in [-0.1, -0.05) is 23.2 Å². The van der Waals surface area contributed by atoms with Crippen LogP contribution in [-0.2, 0) is 5.41 Å². The SMILES string of the molecule is Cc1sc(NC(=O)c2ccc(Cl)cc2Cl)nc1C12CC3CC(CC(C3)C1)C2. The molecule has 27 heavy (non-hydrogen) atoms. The summed E-state index contributed by atoms with van der Waals surface area (Å²) in [6, 6.07) is 4.92. The monoisotopic (exact) mass is 420 g/mol. The Morgan fingerprint density at radius 3 is 2.37 bits per heavy atom. The van der Waals surface area contributed by atoms with Gasteiger partial charge in [0.2, 0.25) is 0 Å². The average molecular weight is 421 g/mol. The van der Waals surface area contributed by atoms with Crippen molar-refractivity contribution < 1.29 is 4.79 Å². The van der Waals surface area contributed by atoms with Crippen LogP contribution in [0.5, 0.6) is 0 Å². The number of carbonyl (C=O) groups is 1. The van der Waals surface area contributed by atoms with Crippen molar-refractivity contribution in [1.82, 2.24) is 4.98 Å². The molecule has 0 unspecified atom stereocenters. The van der Waals surface area contributed by atoms with E-state index in [-0.39, 0.29) is 11.3 Å². The fourth-order valence-electron chi connectivity index (χ4n) is 6.18. The lowest BCUT2D eigenvalue weighted by Crippen LogP contribution is -2.49. The van der Waals surface area contributed by atoms with Crippen LogP contribution in [0.25, 0.3) is 0 Å². The fourth-order valence-corrected chi connectivity index (χ4v) is 7.60. The summed E-state index contributed by atoms with van der Waals surface area (Å²) in [5.41, 5.74) is 1.91. The topological polar surface area (TPSA) is 42.0 Å². The van der Waals surface area contributed by atoms with E-state index in [4.69, 9.17) is 28.2 Å². The number of halogens is 2. The molecule has 1 heterocycles. The van der Waals surface area contributed by atoms with E-state index >= 15 is 0 Å². The van der Waals surface area contributed by atoms with Gasteiger partial charge in [-0.2, -0.15) is 0 Å². The Kier molecular flexibility index (Phi) is 4.30. The number of amides is 1. The van der Waals surface area contributed by atoms with Gasteiger partial charge in [0.15, 0.2) is 5.13 Å². The molecule has 0 saturated heterocycles. The van der Waals surface area contributed by atoms with Crippen molar-refractivity contribution >= 4 is 45.6 Å². The van der Waals surface area contributed by atoms with Gasteiger partial charge in [0, 0.05) is 15.3 Å². The Labute approximate surface area is 173 Å². The molecule has 0 aliphatic heterocycles. The minimum atomic E-state index is -0.234. The van der Waals surface area contributed by atoms with Crippen LogP contribution in [0.1, 0.15) is 59.5 Å². The maximum atomic E-state index is 12.6. The van der Waals surface area contributed by atoms with Gasteiger partial charge in [0.25, 0.3) is 5.91 Å². The van der Waals surface area contributed by atoms with Crippen molar-refractivity contribution in [2.75, 3.05) is 5.32 Å². The molecule has 2 aromatic rings. The number of thiazole rings is 1. The van der Waals surface area contributed by atoms with E-state index in [9.17, 15) is 4.79 Å². The number of rotatable bonds is 3. The summed E-state index contributed by atoms with van der Waals surface area (Å²) in [7, 11) is 0. The van der Waals surface area contributed by atoms with Gasteiger partial charge >= 0.3 is 0 Å². The third-order valence-corrected chi connectivity index (χ3v) is 8.17. The van der Waals surface area contributed by atoms with E-state index in [0.29, 0.717) is 20.7 Å². The highest BCUT2D eigenvalue weighted by Gasteiger charge is 2.53. The number of hydrogen-bond donors (Lipinski definition) is 1. The Morgan fingerprint density at radius 2 is 1.78 bits per heavy atom. The van der Waals surface area contributed by atoms with Crippen LogP contribution < -0.4 is 5.32 Å². The molecule has 4 bridgehead atoms. The first-order chi connectivity index (χ1) is 12.9. The maximum absolute atomic E-state index is 12.6. The molecule has 142 valence electrons. The second kappa shape index (κ2) is 6.47. The van der Waals surface area contributed by atoms with Crippen LogP contribution in [0.15, 0.2) is 18.2 Å². The van der Waals surface area contributed by atoms with Gasteiger partial charge in [0.1, 0.15) is 0 Å². The number of benzene rings is 1. The highest BCUT2D eigenvalue weighted by atomic mass is 35.5. The van der Waals surface area contributed by atoms with E-state index in [1.165, 1.54) is 49.1 Å². The summed E-state index contributed by atoms with van der Waals surface area (Å²) in [6.45, 7) is 2.15. The van der Waals surface area contributed by atoms with Crippen molar-refractivity contribution in [2.45, 2.75) is 50.9 Å².